The topological polar surface area (TPSA) is 154 Å². The molecule has 4 aromatic rings. The molecule has 1 fully saturated rings. The maximum atomic E-state index is 13.2. The number of urea groups is 1. The summed E-state index contributed by atoms with van der Waals surface area (Å²) in [4.78, 5) is 33.3. The third kappa shape index (κ3) is 7.60. The molecular weight excluding hydrogens is 627 g/mol. The van der Waals surface area contributed by atoms with Crippen LogP contribution >= 0.6 is 0 Å². The molecule has 0 spiro atoms. The number of halogens is 3. The number of nitrogens with two attached hydrogens (primary N) is 1. The van der Waals surface area contributed by atoms with Crippen molar-refractivity contribution >= 4 is 34.8 Å². The van der Waals surface area contributed by atoms with Crippen LogP contribution in [0, 0.1) is 18.3 Å². The first-order valence-corrected chi connectivity index (χ1v) is 15.2. The highest BCUT2D eigenvalue weighted by Gasteiger charge is 2.31. The minimum atomic E-state index is -4.55. The number of hydrogen-bond acceptors (Lipinski definition) is 8. The number of piperazine rings is 1. The number of ether oxygens (including phenoxy) is 1. The summed E-state index contributed by atoms with van der Waals surface area (Å²) in [5, 5.41) is 19.4. The van der Waals surface area contributed by atoms with Crippen LogP contribution in [0.5, 0.6) is 0 Å². The Morgan fingerprint density at radius 1 is 1.04 bits per heavy atom. The van der Waals surface area contributed by atoms with Gasteiger partial charge in [0.1, 0.15) is 17.4 Å². The van der Waals surface area contributed by atoms with Gasteiger partial charge in [-0.1, -0.05) is 18.2 Å². The second kappa shape index (κ2) is 13.4. The van der Waals surface area contributed by atoms with Crippen molar-refractivity contribution in [3.05, 3.63) is 71.2 Å². The number of carbonyl (C=O) groups excluding carboxylic acids is 2. The van der Waals surface area contributed by atoms with E-state index in [-0.39, 0.29) is 24.0 Å². The lowest BCUT2D eigenvalue weighted by atomic mass is 9.98. The molecule has 48 heavy (non-hydrogen) atoms. The molecule has 0 atom stereocenters. The number of amides is 3. The number of nitrogens with one attached hydrogen (secondary N) is 2. The molecule has 12 nitrogen and oxygen atoms in total. The van der Waals surface area contributed by atoms with E-state index in [2.05, 4.69) is 31.7 Å². The summed E-state index contributed by atoms with van der Waals surface area (Å²) in [5.74, 6) is 0.221. The molecule has 252 valence electrons. The van der Waals surface area contributed by atoms with Gasteiger partial charge in [-0.25, -0.2) is 19.1 Å². The maximum Gasteiger partial charge on any atom is 0.416 e. The third-order valence-corrected chi connectivity index (χ3v) is 7.86. The smallest absolute Gasteiger partial charge is 0.416 e. The van der Waals surface area contributed by atoms with Crippen LogP contribution in [0.2, 0.25) is 0 Å². The monoisotopic (exact) mass is 663 g/mol. The third-order valence-electron chi connectivity index (χ3n) is 7.86. The van der Waals surface area contributed by atoms with Gasteiger partial charge in [-0.2, -0.15) is 23.5 Å². The average Bonchev–Trinajstić information content (AvgIpc) is 3.31. The van der Waals surface area contributed by atoms with E-state index in [9.17, 15) is 28.0 Å². The van der Waals surface area contributed by atoms with E-state index in [4.69, 9.17) is 10.5 Å². The van der Waals surface area contributed by atoms with Gasteiger partial charge in [0.15, 0.2) is 5.82 Å². The van der Waals surface area contributed by atoms with Gasteiger partial charge in [-0.05, 0) is 68.7 Å². The minimum absolute atomic E-state index is 0.0367. The number of benzene rings is 2. The van der Waals surface area contributed by atoms with Crippen LogP contribution in [0.15, 0.2) is 48.8 Å². The summed E-state index contributed by atoms with van der Waals surface area (Å²) < 4.78 is 46.8. The van der Waals surface area contributed by atoms with Crippen molar-refractivity contribution < 1.29 is 27.5 Å². The zero-order valence-electron chi connectivity index (χ0n) is 27.0. The van der Waals surface area contributed by atoms with Gasteiger partial charge >= 0.3 is 18.3 Å². The van der Waals surface area contributed by atoms with Gasteiger partial charge in [-0.3, -0.25) is 4.90 Å². The summed E-state index contributed by atoms with van der Waals surface area (Å²) in [6, 6.07) is 11.5. The zero-order chi connectivity index (χ0) is 34.8. The standard InChI is InChI=1S/C33H36F3N9O3/c1-20-5-8-22(33(34,35)36)17-25(20)42-30(46)41-23-9-6-21(7-10-23)27-24(11-12-37)26(45-28(27)29(38)39-19-40-45)18-43-13-15-44(16-14-43)31(47)48-32(2,3)4/h5-10,17,19H,11,13-16,18H2,1-4H3,(H2,38,39,40)(H2,41,42,46). The molecule has 0 radical (unpaired) electrons. The van der Waals surface area contributed by atoms with Crippen LogP contribution < -0.4 is 16.4 Å². The number of fused-ring (bicyclic) bond motifs is 1. The number of carbonyl (C=O) groups is 2. The number of anilines is 3. The highest BCUT2D eigenvalue weighted by Crippen LogP contribution is 2.37. The molecule has 4 N–H and O–H groups in total. The summed E-state index contributed by atoms with van der Waals surface area (Å²) in [5.41, 5.74) is 9.18. The fourth-order valence-corrected chi connectivity index (χ4v) is 5.53. The molecule has 3 heterocycles. The molecular formula is C33H36F3N9O3. The zero-order valence-corrected chi connectivity index (χ0v) is 27.0. The SMILES string of the molecule is Cc1ccc(C(F)(F)F)cc1NC(=O)Nc1ccc(-c2c(CC#N)c(CN3CCN(C(=O)OC(C)(C)C)CC3)n3ncnc(N)c23)cc1. The molecule has 2 aromatic carbocycles. The highest BCUT2D eigenvalue weighted by molar-refractivity contribution is 6.00. The van der Waals surface area contributed by atoms with Crippen molar-refractivity contribution in [1.29, 1.82) is 5.26 Å². The van der Waals surface area contributed by atoms with E-state index in [1.54, 1.807) is 40.6 Å². The van der Waals surface area contributed by atoms with Gasteiger partial charge in [0, 0.05) is 49.7 Å². The Kier molecular flexibility index (Phi) is 9.49. The minimum Gasteiger partial charge on any atom is -0.444 e. The van der Waals surface area contributed by atoms with Crippen molar-refractivity contribution in [2.75, 3.05) is 42.5 Å². The molecule has 15 heteroatoms. The number of rotatable bonds is 6. The molecule has 1 aliphatic rings. The number of nitrogen functional groups attached to an aromatic ring is 1. The summed E-state index contributed by atoms with van der Waals surface area (Å²) in [6.45, 7) is 9.63. The fourth-order valence-electron chi connectivity index (χ4n) is 5.53. The van der Waals surface area contributed by atoms with E-state index in [1.165, 1.54) is 12.4 Å². The van der Waals surface area contributed by atoms with Crippen molar-refractivity contribution in [3.63, 3.8) is 0 Å². The molecule has 2 aromatic heterocycles. The first-order chi connectivity index (χ1) is 22.6. The van der Waals surface area contributed by atoms with Crippen molar-refractivity contribution in [2.45, 2.75) is 52.4 Å². The maximum absolute atomic E-state index is 13.2. The fraction of sp³-hybridized carbons (Fsp3) is 0.364. The van der Waals surface area contributed by atoms with Crippen LogP contribution in [0.1, 0.15) is 43.2 Å². The number of alkyl halides is 3. The molecule has 0 unspecified atom stereocenters. The van der Waals surface area contributed by atoms with Crippen LogP contribution in [-0.2, 0) is 23.9 Å². The lowest BCUT2D eigenvalue weighted by Crippen LogP contribution is -2.49. The predicted octanol–water partition coefficient (Wildman–Crippen LogP) is 6.07. The Hall–Kier alpha value is -5.36. The second-order valence-electron chi connectivity index (χ2n) is 12.5. The van der Waals surface area contributed by atoms with Crippen LogP contribution in [0.25, 0.3) is 16.6 Å². The molecule has 0 bridgehead atoms. The Morgan fingerprint density at radius 3 is 2.35 bits per heavy atom. The highest BCUT2D eigenvalue weighted by atomic mass is 19.4. The van der Waals surface area contributed by atoms with E-state index < -0.39 is 23.4 Å². The van der Waals surface area contributed by atoms with Gasteiger partial charge in [0.05, 0.1) is 23.7 Å². The lowest BCUT2D eigenvalue weighted by Gasteiger charge is -2.35. The second-order valence-corrected chi connectivity index (χ2v) is 12.5. The normalized spacial score (nSPS) is 14.1. The lowest BCUT2D eigenvalue weighted by molar-refractivity contribution is -0.137. The van der Waals surface area contributed by atoms with Crippen molar-refractivity contribution in [2.24, 2.45) is 0 Å². The van der Waals surface area contributed by atoms with Crippen LogP contribution in [0.4, 0.5) is 40.0 Å². The average molecular weight is 664 g/mol. The van der Waals surface area contributed by atoms with Crippen LogP contribution in [-0.4, -0.2) is 68.3 Å². The molecule has 1 saturated heterocycles. The summed E-state index contributed by atoms with van der Waals surface area (Å²) in [7, 11) is 0. The Morgan fingerprint density at radius 2 is 1.73 bits per heavy atom. The Bertz CT molecular complexity index is 1870. The summed E-state index contributed by atoms with van der Waals surface area (Å²) >= 11 is 0. The van der Waals surface area contributed by atoms with E-state index >= 15 is 0 Å². The largest absolute Gasteiger partial charge is 0.444 e. The number of aryl methyl sites for hydroxylation is 1. The van der Waals surface area contributed by atoms with Gasteiger partial charge in [-0.15, -0.1) is 0 Å². The molecule has 5 rings (SSSR count). The number of hydrogen-bond donors (Lipinski definition) is 3. The van der Waals surface area contributed by atoms with Crippen molar-refractivity contribution in [3.8, 4) is 17.2 Å². The molecule has 0 aliphatic carbocycles. The van der Waals surface area contributed by atoms with Gasteiger partial charge < -0.3 is 26.0 Å². The predicted molar refractivity (Wildman–Crippen MR) is 174 cm³/mol. The number of aromatic nitrogens is 3. The Labute approximate surface area is 275 Å². The molecule has 1 aliphatic heterocycles. The Balaban J connectivity index is 1.37. The number of nitrogens with zero attached hydrogens (tertiary/aromatic N) is 6. The van der Waals surface area contributed by atoms with Crippen LogP contribution in [0.3, 0.4) is 0 Å². The van der Waals surface area contributed by atoms with Crippen molar-refractivity contribution in [1.82, 2.24) is 24.4 Å². The molecule has 0 saturated carbocycles. The van der Waals surface area contributed by atoms with E-state index in [0.29, 0.717) is 60.6 Å². The first-order valence-electron chi connectivity index (χ1n) is 15.2. The van der Waals surface area contributed by atoms with Gasteiger partial charge in [0.2, 0.25) is 0 Å². The summed E-state index contributed by atoms with van der Waals surface area (Å²) in [6.07, 6.45) is -3.49. The first kappa shape index (κ1) is 34.0. The van der Waals surface area contributed by atoms with Gasteiger partial charge in [0.25, 0.3) is 0 Å². The van der Waals surface area contributed by atoms with E-state index in [0.717, 1.165) is 23.4 Å². The molecule has 3 amide bonds. The number of nitriles is 1. The quantitative estimate of drug-likeness (QED) is 0.225. The van der Waals surface area contributed by atoms with E-state index in [1.807, 2.05) is 20.8 Å².